The Morgan fingerprint density at radius 3 is 2.14 bits per heavy atom. The van der Waals surface area contributed by atoms with Gasteiger partial charge in [-0.15, -0.1) is 11.8 Å². The van der Waals surface area contributed by atoms with Crippen LogP contribution in [-0.2, 0) is 0 Å². The van der Waals surface area contributed by atoms with Gasteiger partial charge in [-0.2, -0.15) is 0 Å². The highest BCUT2D eigenvalue weighted by atomic mass is 32.2. The number of aryl methyl sites for hydroxylation is 2. The van der Waals surface area contributed by atoms with Crippen LogP contribution in [0.4, 0.5) is 0 Å². The predicted molar refractivity (Wildman–Crippen MR) is 89.8 cm³/mol. The third-order valence-electron chi connectivity index (χ3n) is 3.44. The third-order valence-corrected chi connectivity index (χ3v) is 4.19. The van der Waals surface area contributed by atoms with E-state index in [0.717, 1.165) is 22.3 Å². The van der Waals surface area contributed by atoms with Crippen molar-refractivity contribution in [3.8, 4) is 5.75 Å². The highest BCUT2D eigenvalue weighted by Crippen LogP contribution is 2.25. The molecule has 0 saturated heterocycles. The lowest BCUT2D eigenvalue weighted by Gasteiger charge is -2.08. The van der Waals surface area contributed by atoms with Crippen LogP contribution in [-0.4, -0.2) is 16.5 Å². The van der Waals surface area contributed by atoms with Gasteiger partial charge < -0.3 is 10.2 Å². The van der Waals surface area contributed by atoms with Crippen molar-refractivity contribution < 1.29 is 10.2 Å². The van der Waals surface area contributed by atoms with E-state index in [9.17, 15) is 10.2 Å². The number of aromatic hydroxyl groups is 1. The Morgan fingerprint density at radius 1 is 1.05 bits per heavy atom. The Balaban J connectivity index is 2.16. The molecule has 2 nitrogen and oxygen atoms in total. The van der Waals surface area contributed by atoms with Gasteiger partial charge in [0.25, 0.3) is 0 Å². The van der Waals surface area contributed by atoms with E-state index in [0.29, 0.717) is 5.75 Å². The minimum atomic E-state index is -0.629. The molecular weight excluding hydrogens is 280 g/mol. The molecule has 0 fully saturated rings. The smallest absolute Gasteiger partial charge is 0.121 e. The van der Waals surface area contributed by atoms with Crippen LogP contribution in [0, 0.1) is 13.8 Å². The van der Waals surface area contributed by atoms with Crippen molar-refractivity contribution in [2.75, 3.05) is 6.26 Å². The van der Waals surface area contributed by atoms with E-state index in [-0.39, 0.29) is 0 Å². The van der Waals surface area contributed by atoms with Gasteiger partial charge in [0.05, 0.1) is 6.10 Å². The molecule has 1 atom stereocenters. The topological polar surface area (TPSA) is 40.5 Å². The Hall–Kier alpha value is -1.71. The van der Waals surface area contributed by atoms with E-state index in [1.54, 1.807) is 17.8 Å². The third kappa shape index (κ3) is 3.90. The molecule has 2 aromatic carbocycles. The van der Waals surface area contributed by atoms with Crippen molar-refractivity contribution in [1.29, 1.82) is 0 Å². The number of rotatable bonds is 4. The molecule has 110 valence electrons. The lowest BCUT2D eigenvalue weighted by Crippen LogP contribution is -1.92. The monoisotopic (exact) mass is 300 g/mol. The first kappa shape index (κ1) is 15.7. The highest BCUT2D eigenvalue weighted by molar-refractivity contribution is 7.98. The van der Waals surface area contributed by atoms with Crippen LogP contribution in [0.2, 0.25) is 0 Å². The van der Waals surface area contributed by atoms with Crippen LogP contribution >= 0.6 is 11.8 Å². The van der Waals surface area contributed by atoms with Gasteiger partial charge in [0, 0.05) is 4.90 Å². The normalized spacial score (nSPS) is 12.8. The van der Waals surface area contributed by atoms with Gasteiger partial charge in [-0.1, -0.05) is 24.3 Å². The number of aliphatic hydroxyl groups excluding tert-OH is 1. The summed E-state index contributed by atoms with van der Waals surface area (Å²) >= 11 is 1.68. The van der Waals surface area contributed by atoms with E-state index in [1.165, 1.54) is 4.90 Å². The summed E-state index contributed by atoms with van der Waals surface area (Å²) in [6.45, 7) is 3.74. The fraction of sp³-hybridized carbons (Fsp3) is 0.222. The van der Waals surface area contributed by atoms with Gasteiger partial charge in [-0.05, 0) is 66.6 Å². The lowest BCUT2D eigenvalue weighted by atomic mass is 10.0. The van der Waals surface area contributed by atoms with Crippen LogP contribution in [0.15, 0.2) is 47.4 Å². The number of benzene rings is 2. The number of phenolic OH excluding ortho intramolecular Hbond substituents is 1. The second-order valence-electron chi connectivity index (χ2n) is 5.08. The summed E-state index contributed by atoms with van der Waals surface area (Å²) in [5.41, 5.74) is 3.53. The molecule has 0 aliphatic rings. The van der Waals surface area contributed by atoms with Crippen molar-refractivity contribution in [1.82, 2.24) is 0 Å². The molecule has 0 aliphatic carbocycles. The van der Waals surface area contributed by atoms with Crippen LogP contribution in [0.25, 0.3) is 6.08 Å². The quantitative estimate of drug-likeness (QED) is 0.818. The Labute approximate surface area is 130 Å². The zero-order valence-corrected chi connectivity index (χ0v) is 13.3. The molecule has 2 rings (SSSR count). The molecule has 2 N–H and O–H groups in total. The maximum absolute atomic E-state index is 10.2. The first-order chi connectivity index (χ1) is 10.0. The van der Waals surface area contributed by atoms with Crippen LogP contribution < -0.4 is 0 Å². The minimum Gasteiger partial charge on any atom is -0.507 e. The minimum absolute atomic E-state index is 0.334. The molecule has 0 saturated carbocycles. The van der Waals surface area contributed by atoms with E-state index >= 15 is 0 Å². The molecule has 1 unspecified atom stereocenters. The van der Waals surface area contributed by atoms with E-state index in [2.05, 4.69) is 0 Å². The summed E-state index contributed by atoms with van der Waals surface area (Å²) in [4.78, 5) is 1.18. The first-order valence-electron chi connectivity index (χ1n) is 6.81. The number of thioether (sulfide) groups is 1. The maximum Gasteiger partial charge on any atom is 0.121 e. The molecule has 21 heavy (non-hydrogen) atoms. The average Bonchev–Trinajstić information content (AvgIpc) is 2.50. The summed E-state index contributed by atoms with van der Waals surface area (Å²) in [5, 5.41) is 20.0. The van der Waals surface area contributed by atoms with Gasteiger partial charge in [0.2, 0.25) is 0 Å². The van der Waals surface area contributed by atoms with Crippen molar-refractivity contribution in [3.63, 3.8) is 0 Å². The fourth-order valence-electron chi connectivity index (χ4n) is 2.20. The zero-order valence-electron chi connectivity index (χ0n) is 12.5. The Kier molecular flexibility index (Phi) is 5.10. The number of hydrogen-bond acceptors (Lipinski definition) is 3. The molecular formula is C18H20O2S. The van der Waals surface area contributed by atoms with Crippen molar-refractivity contribution in [2.45, 2.75) is 24.8 Å². The van der Waals surface area contributed by atoms with Crippen molar-refractivity contribution >= 4 is 17.8 Å². The number of hydrogen-bond donors (Lipinski definition) is 2. The van der Waals surface area contributed by atoms with Gasteiger partial charge in [-0.25, -0.2) is 0 Å². The molecule has 0 spiro atoms. The fourth-order valence-corrected chi connectivity index (χ4v) is 2.61. The highest BCUT2D eigenvalue weighted by Gasteiger charge is 2.05. The molecule has 0 amide bonds. The molecule has 3 heteroatoms. The molecule has 0 radical (unpaired) electrons. The summed E-state index contributed by atoms with van der Waals surface area (Å²) in [6.07, 6.45) is 5.04. The van der Waals surface area contributed by atoms with E-state index in [4.69, 9.17) is 0 Å². The van der Waals surface area contributed by atoms with Gasteiger partial charge in [0.15, 0.2) is 0 Å². The summed E-state index contributed by atoms with van der Waals surface area (Å²) in [7, 11) is 0. The second kappa shape index (κ2) is 6.83. The van der Waals surface area contributed by atoms with Gasteiger partial charge in [-0.3, -0.25) is 0 Å². The largest absolute Gasteiger partial charge is 0.507 e. The lowest BCUT2D eigenvalue weighted by molar-refractivity contribution is 0.229. The maximum atomic E-state index is 10.2. The summed E-state index contributed by atoms with van der Waals surface area (Å²) < 4.78 is 0. The molecule has 0 aliphatic heterocycles. The summed E-state index contributed by atoms with van der Waals surface area (Å²) in [5.74, 6) is 0.334. The predicted octanol–water partition coefficient (Wildman–Crippen LogP) is 4.48. The Bertz CT molecular complexity index is 622. The van der Waals surface area contributed by atoms with Gasteiger partial charge >= 0.3 is 0 Å². The van der Waals surface area contributed by atoms with Gasteiger partial charge in [0.1, 0.15) is 5.75 Å². The van der Waals surface area contributed by atoms with E-state index < -0.39 is 6.10 Å². The Morgan fingerprint density at radius 2 is 1.62 bits per heavy atom. The van der Waals surface area contributed by atoms with Crippen molar-refractivity contribution in [2.24, 2.45) is 0 Å². The zero-order chi connectivity index (χ0) is 15.4. The average molecular weight is 300 g/mol. The molecule has 0 heterocycles. The van der Waals surface area contributed by atoms with E-state index in [1.807, 2.05) is 62.6 Å². The molecule has 0 bridgehead atoms. The second-order valence-corrected chi connectivity index (χ2v) is 5.96. The number of aliphatic hydroxyl groups is 1. The SMILES string of the molecule is CSc1ccc(C(O)/C=C/c2cc(C)c(O)c(C)c2)cc1. The number of phenols is 1. The standard InChI is InChI=1S/C18H20O2S/c1-12-10-14(11-13(2)18(12)20)4-9-17(19)15-5-7-16(21-3)8-6-15/h4-11,17,19-20H,1-3H3/b9-4+. The van der Waals surface area contributed by atoms with Crippen LogP contribution in [0.5, 0.6) is 5.75 Å². The summed E-state index contributed by atoms with van der Waals surface area (Å²) in [6, 6.07) is 11.7. The first-order valence-corrected chi connectivity index (χ1v) is 8.04. The molecule has 0 aromatic heterocycles. The van der Waals surface area contributed by atoms with Crippen LogP contribution in [0.1, 0.15) is 28.4 Å². The molecule has 2 aromatic rings. The van der Waals surface area contributed by atoms with Crippen molar-refractivity contribution in [3.05, 3.63) is 64.7 Å². The van der Waals surface area contributed by atoms with Crippen LogP contribution in [0.3, 0.4) is 0 Å².